The van der Waals surface area contributed by atoms with Crippen molar-refractivity contribution in [2.45, 2.75) is 46.6 Å². The van der Waals surface area contributed by atoms with Crippen molar-refractivity contribution in [3.63, 3.8) is 0 Å². The minimum Gasteiger partial charge on any atom is -0.372 e. The van der Waals surface area contributed by atoms with Crippen LogP contribution in [-0.4, -0.2) is 25.2 Å². The van der Waals surface area contributed by atoms with Crippen LogP contribution in [0.15, 0.2) is 0 Å². The van der Waals surface area contributed by atoms with Crippen LogP contribution in [0.2, 0.25) is 0 Å². The zero-order valence-electron chi connectivity index (χ0n) is 9.80. The molecule has 0 aliphatic heterocycles. The van der Waals surface area contributed by atoms with Crippen LogP contribution in [0.25, 0.3) is 0 Å². The summed E-state index contributed by atoms with van der Waals surface area (Å²) in [6.45, 7) is 9.20. The van der Waals surface area contributed by atoms with Crippen molar-refractivity contribution in [3.8, 4) is 0 Å². The highest BCUT2D eigenvalue weighted by Crippen LogP contribution is 2.03. The molecule has 0 heterocycles. The SMILES string of the molecule is CCCOCC(=O)NC(C)CC(C)C. The lowest BCUT2D eigenvalue weighted by molar-refractivity contribution is -0.126. The molecule has 0 fully saturated rings. The van der Waals surface area contributed by atoms with Crippen LogP contribution in [-0.2, 0) is 9.53 Å². The first-order valence-corrected chi connectivity index (χ1v) is 5.43. The molecule has 84 valence electrons. The molecule has 0 aromatic heterocycles. The summed E-state index contributed by atoms with van der Waals surface area (Å²) in [5.41, 5.74) is 0. The lowest BCUT2D eigenvalue weighted by Gasteiger charge is -2.15. The van der Waals surface area contributed by atoms with Crippen molar-refractivity contribution >= 4 is 5.91 Å². The van der Waals surface area contributed by atoms with E-state index in [1.807, 2.05) is 13.8 Å². The topological polar surface area (TPSA) is 38.3 Å². The fourth-order valence-electron chi connectivity index (χ4n) is 1.39. The lowest BCUT2D eigenvalue weighted by Crippen LogP contribution is -2.36. The molecule has 0 bridgehead atoms. The molecule has 0 aliphatic carbocycles. The maximum Gasteiger partial charge on any atom is 0.246 e. The van der Waals surface area contributed by atoms with Crippen molar-refractivity contribution < 1.29 is 9.53 Å². The lowest BCUT2D eigenvalue weighted by atomic mass is 10.1. The fraction of sp³-hybridized carbons (Fsp3) is 0.909. The van der Waals surface area contributed by atoms with Gasteiger partial charge >= 0.3 is 0 Å². The quantitative estimate of drug-likeness (QED) is 0.639. The minimum atomic E-state index is -0.00778. The van der Waals surface area contributed by atoms with Gasteiger partial charge in [0, 0.05) is 12.6 Å². The van der Waals surface area contributed by atoms with E-state index >= 15 is 0 Å². The fourth-order valence-corrected chi connectivity index (χ4v) is 1.39. The minimum absolute atomic E-state index is 0.00778. The van der Waals surface area contributed by atoms with Crippen LogP contribution >= 0.6 is 0 Å². The van der Waals surface area contributed by atoms with E-state index in [0.29, 0.717) is 12.5 Å². The Morgan fingerprint density at radius 3 is 2.50 bits per heavy atom. The number of ether oxygens (including phenoxy) is 1. The second kappa shape index (κ2) is 7.80. The number of nitrogens with one attached hydrogen (secondary N) is 1. The molecule has 1 atom stereocenters. The van der Waals surface area contributed by atoms with Crippen molar-refractivity contribution in [3.05, 3.63) is 0 Å². The molecule has 0 aliphatic rings. The molecule has 0 saturated carbocycles. The van der Waals surface area contributed by atoms with E-state index in [0.717, 1.165) is 12.8 Å². The highest BCUT2D eigenvalue weighted by atomic mass is 16.5. The maximum atomic E-state index is 11.3. The van der Waals surface area contributed by atoms with Crippen molar-refractivity contribution in [1.29, 1.82) is 0 Å². The Labute approximate surface area is 87.2 Å². The Hall–Kier alpha value is -0.570. The number of carbonyl (C=O) groups is 1. The average molecular weight is 201 g/mol. The Morgan fingerprint density at radius 2 is 2.00 bits per heavy atom. The number of hydrogen-bond acceptors (Lipinski definition) is 2. The second-order valence-corrected chi connectivity index (χ2v) is 4.15. The van der Waals surface area contributed by atoms with E-state index in [-0.39, 0.29) is 18.6 Å². The first kappa shape index (κ1) is 13.4. The predicted octanol–water partition coefficient (Wildman–Crippen LogP) is 1.96. The Kier molecular flexibility index (Phi) is 7.48. The summed E-state index contributed by atoms with van der Waals surface area (Å²) in [5.74, 6) is 0.605. The van der Waals surface area contributed by atoms with Gasteiger partial charge in [0.2, 0.25) is 5.91 Å². The number of amides is 1. The van der Waals surface area contributed by atoms with Gasteiger partial charge in [-0.05, 0) is 25.7 Å². The van der Waals surface area contributed by atoms with Gasteiger partial charge in [0.25, 0.3) is 0 Å². The van der Waals surface area contributed by atoms with Gasteiger partial charge in [0.1, 0.15) is 6.61 Å². The van der Waals surface area contributed by atoms with E-state index in [1.54, 1.807) is 0 Å². The number of hydrogen-bond donors (Lipinski definition) is 1. The molecule has 1 amide bonds. The van der Waals surface area contributed by atoms with Gasteiger partial charge in [-0.1, -0.05) is 20.8 Å². The largest absolute Gasteiger partial charge is 0.372 e. The van der Waals surface area contributed by atoms with Gasteiger partial charge in [-0.15, -0.1) is 0 Å². The van der Waals surface area contributed by atoms with E-state index < -0.39 is 0 Å². The molecule has 0 aromatic carbocycles. The van der Waals surface area contributed by atoms with Gasteiger partial charge in [0.15, 0.2) is 0 Å². The third kappa shape index (κ3) is 8.05. The first-order chi connectivity index (χ1) is 6.56. The average Bonchev–Trinajstić information content (AvgIpc) is 2.02. The summed E-state index contributed by atoms with van der Waals surface area (Å²) < 4.78 is 5.14. The number of rotatable bonds is 7. The Morgan fingerprint density at radius 1 is 1.36 bits per heavy atom. The van der Waals surface area contributed by atoms with Gasteiger partial charge < -0.3 is 10.1 Å². The molecule has 0 aromatic rings. The Bertz CT molecular complexity index is 157. The van der Waals surface area contributed by atoms with E-state index in [4.69, 9.17) is 4.74 Å². The molecular weight excluding hydrogens is 178 g/mol. The maximum absolute atomic E-state index is 11.3. The number of carbonyl (C=O) groups excluding carboxylic acids is 1. The summed E-state index contributed by atoms with van der Waals surface area (Å²) >= 11 is 0. The summed E-state index contributed by atoms with van der Waals surface area (Å²) in [6, 6.07) is 0.243. The van der Waals surface area contributed by atoms with Crippen molar-refractivity contribution in [2.24, 2.45) is 5.92 Å². The summed E-state index contributed by atoms with van der Waals surface area (Å²) in [7, 11) is 0. The van der Waals surface area contributed by atoms with Crippen molar-refractivity contribution in [1.82, 2.24) is 5.32 Å². The summed E-state index contributed by atoms with van der Waals surface area (Å²) in [4.78, 5) is 11.3. The molecule has 1 unspecified atom stereocenters. The van der Waals surface area contributed by atoms with E-state index in [1.165, 1.54) is 0 Å². The van der Waals surface area contributed by atoms with Crippen LogP contribution in [0.4, 0.5) is 0 Å². The van der Waals surface area contributed by atoms with Crippen LogP contribution < -0.4 is 5.32 Å². The molecule has 3 nitrogen and oxygen atoms in total. The first-order valence-electron chi connectivity index (χ1n) is 5.43. The zero-order valence-corrected chi connectivity index (χ0v) is 9.80. The monoisotopic (exact) mass is 201 g/mol. The smallest absolute Gasteiger partial charge is 0.246 e. The van der Waals surface area contributed by atoms with Gasteiger partial charge in [-0.25, -0.2) is 0 Å². The predicted molar refractivity (Wildman–Crippen MR) is 58.2 cm³/mol. The normalized spacial score (nSPS) is 12.9. The van der Waals surface area contributed by atoms with Crippen LogP contribution in [0.3, 0.4) is 0 Å². The second-order valence-electron chi connectivity index (χ2n) is 4.15. The molecule has 0 spiro atoms. The molecule has 0 radical (unpaired) electrons. The third-order valence-corrected chi connectivity index (χ3v) is 1.81. The zero-order chi connectivity index (χ0) is 11.0. The van der Waals surface area contributed by atoms with Crippen LogP contribution in [0, 0.1) is 5.92 Å². The Balaban J connectivity index is 3.50. The van der Waals surface area contributed by atoms with E-state index in [9.17, 15) is 4.79 Å². The van der Waals surface area contributed by atoms with Gasteiger partial charge in [0.05, 0.1) is 0 Å². The van der Waals surface area contributed by atoms with Crippen LogP contribution in [0.1, 0.15) is 40.5 Å². The van der Waals surface area contributed by atoms with Gasteiger partial charge in [-0.2, -0.15) is 0 Å². The van der Waals surface area contributed by atoms with E-state index in [2.05, 4.69) is 19.2 Å². The molecule has 3 heteroatoms. The summed E-state index contributed by atoms with van der Waals surface area (Å²) in [5, 5.41) is 2.91. The highest BCUT2D eigenvalue weighted by Gasteiger charge is 2.08. The molecular formula is C11H23NO2. The highest BCUT2D eigenvalue weighted by molar-refractivity contribution is 5.77. The summed E-state index contributed by atoms with van der Waals surface area (Å²) in [6.07, 6.45) is 1.97. The van der Waals surface area contributed by atoms with Crippen molar-refractivity contribution in [2.75, 3.05) is 13.2 Å². The molecule has 1 N–H and O–H groups in total. The van der Waals surface area contributed by atoms with Crippen LogP contribution in [0.5, 0.6) is 0 Å². The molecule has 0 rings (SSSR count). The standard InChI is InChI=1S/C11H23NO2/c1-5-6-14-8-11(13)12-10(4)7-9(2)3/h9-10H,5-8H2,1-4H3,(H,12,13). The molecule has 14 heavy (non-hydrogen) atoms. The third-order valence-electron chi connectivity index (χ3n) is 1.81. The van der Waals surface area contributed by atoms with Gasteiger partial charge in [-0.3, -0.25) is 4.79 Å². The molecule has 0 saturated heterocycles.